The predicted molar refractivity (Wildman–Crippen MR) is 280 cm³/mol. The van der Waals surface area contributed by atoms with Crippen molar-refractivity contribution < 1.29 is 23.8 Å². The molecule has 4 aliphatic rings. The average molecular weight is 913 g/mol. The van der Waals surface area contributed by atoms with Gasteiger partial charge in [0.25, 0.3) is 6.47 Å². The molecule has 1 aromatic rings. The molecule has 3 aliphatic carbocycles. The van der Waals surface area contributed by atoms with Gasteiger partial charge in [0.05, 0.1) is 0 Å². The highest BCUT2D eigenvalue weighted by Gasteiger charge is 2.48. The van der Waals surface area contributed by atoms with Crippen molar-refractivity contribution in [2.75, 3.05) is 0 Å². The highest BCUT2D eigenvalue weighted by Crippen LogP contribution is 2.59. The first-order chi connectivity index (χ1) is 31.5. The van der Waals surface area contributed by atoms with Crippen LogP contribution in [0.1, 0.15) is 251 Å². The number of benzene rings is 1. The minimum atomic E-state index is -0.103. The molecule has 3 fully saturated rings. The van der Waals surface area contributed by atoms with Crippen LogP contribution < -0.4 is 9.47 Å². The molecule has 0 radical (unpaired) electrons. The first kappa shape index (κ1) is 55.8. The van der Waals surface area contributed by atoms with Crippen LogP contribution in [-0.4, -0.2) is 24.1 Å². The molecule has 0 amide bonds. The van der Waals surface area contributed by atoms with Crippen molar-refractivity contribution in [2.45, 2.75) is 268 Å². The molecule has 0 saturated heterocycles. The quantitative estimate of drug-likeness (QED) is 0.0556. The lowest BCUT2D eigenvalue weighted by Crippen LogP contribution is -2.37. The van der Waals surface area contributed by atoms with Gasteiger partial charge in [0, 0.05) is 18.4 Å². The topological polar surface area (TPSA) is 61.8 Å². The molecule has 1 aromatic carbocycles. The van der Waals surface area contributed by atoms with Gasteiger partial charge >= 0.3 is 5.97 Å². The van der Waals surface area contributed by atoms with Crippen molar-refractivity contribution in [3.63, 3.8) is 0 Å². The summed E-state index contributed by atoms with van der Waals surface area (Å²) in [4.78, 5) is 22.9. The number of esters is 1. The minimum Gasteiger partial charge on any atom is -0.487 e. The Balaban J connectivity index is 0.000000289. The molecule has 7 unspecified atom stereocenters. The first-order valence-electron chi connectivity index (χ1n) is 27.7. The molecule has 0 N–H and O–H groups in total. The van der Waals surface area contributed by atoms with Gasteiger partial charge in [0.1, 0.15) is 23.2 Å². The number of rotatable bonds is 25. The van der Waals surface area contributed by atoms with E-state index in [1.807, 2.05) is 20.8 Å². The third-order valence-electron chi connectivity index (χ3n) is 17.0. The summed E-state index contributed by atoms with van der Waals surface area (Å²) in [5.41, 5.74) is 9.00. The lowest BCUT2D eigenvalue weighted by Gasteiger charge is -2.42. The van der Waals surface area contributed by atoms with E-state index in [-0.39, 0.29) is 17.7 Å². The second-order valence-corrected chi connectivity index (χ2v) is 23.0. The SMILES string of the molecule is C=C1CCC(OC(=O)CCC)C/C1=C\C=C1\CCCC2(C)C(CCCCCCCC)CCC12.Cc1c(C)c2c(c(C)c1OC=O)CCC(C)(CCCC(C)CCCC(C)CCCC(C)C)O2. The fourth-order valence-electron chi connectivity index (χ4n) is 12.4. The Morgan fingerprint density at radius 1 is 0.773 bits per heavy atom. The standard InChI is InChI=1S/C31H50O2.C30H50O3/c1-5-7-8-9-10-11-15-27-19-21-29-25(14-12-22-31(27,29)4)17-18-26-23-28(20-16-24(26)3)33-30(32)13-6-2;1-21(2)12-9-13-22(3)14-10-15-23(4)16-11-18-30(8)19-17-27-26(7)28(32-20-31)24(5)25(6)29(27)33-30/h17-18,27-29H,3,5-16,19-23H2,1-2,4H3;20-23H,9-19H2,1-8H3/b25-17-,26-18+;. The minimum absolute atomic E-state index is 0.0315. The van der Waals surface area contributed by atoms with Crippen LogP contribution >= 0.6 is 0 Å². The molecular weight excluding hydrogens is 813 g/mol. The Labute approximate surface area is 406 Å². The zero-order valence-corrected chi connectivity index (χ0v) is 44.7. The molecule has 3 saturated carbocycles. The van der Waals surface area contributed by atoms with Crippen molar-refractivity contribution in [3.8, 4) is 11.5 Å². The van der Waals surface area contributed by atoms with E-state index in [2.05, 4.69) is 74.1 Å². The summed E-state index contributed by atoms with van der Waals surface area (Å²) in [6.07, 6.45) is 39.5. The van der Waals surface area contributed by atoms with Gasteiger partial charge in [-0.3, -0.25) is 9.59 Å². The number of carbonyl (C=O) groups is 2. The van der Waals surface area contributed by atoms with Gasteiger partial charge in [-0.2, -0.15) is 0 Å². The summed E-state index contributed by atoms with van der Waals surface area (Å²) < 4.78 is 17.7. The first-order valence-corrected chi connectivity index (χ1v) is 27.7. The van der Waals surface area contributed by atoms with Gasteiger partial charge in [-0.25, -0.2) is 0 Å². The van der Waals surface area contributed by atoms with E-state index in [4.69, 9.17) is 14.2 Å². The van der Waals surface area contributed by atoms with Crippen LogP contribution in [0.25, 0.3) is 0 Å². The van der Waals surface area contributed by atoms with Crippen molar-refractivity contribution in [3.05, 3.63) is 57.7 Å². The predicted octanol–water partition coefficient (Wildman–Crippen LogP) is 17.9. The molecule has 7 atom stereocenters. The number of ether oxygens (including phenoxy) is 3. The molecule has 1 aliphatic heterocycles. The van der Waals surface area contributed by atoms with Crippen molar-refractivity contribution in [1.82, 2.24) is 0 Å². The molecular formula is C61H100O5. The van der Waals surface area contributed by atoms with E-state index in [0.29, 0.717) is 24.1 Å². The zero-order valence-electron chi connectivity index (χ0n) is 44.7. The maximum atomic E-state index is 12.0. The van der Waals surface area contributed by atoms with E-state index in [1.54, 1.807) is 5.57 Å². The second kappa shape index (κ2) is 28.0. The third-order valence-corrected chi connectivity index (χ3v) is 17.0. The average Bonchev–Trinajstić information content (AvgIpc) is 3.61. The Hall–Kier alpha value is -2.82. The smallest absolute Gasteiger partial charge is 0.306 e. The summed E-state index contributed by atoms with van der Waals surface area (Å²) in [7, 11) is 0. The summed E-state index contributed by atoms with van der Waals surface area (Å²) in [6, 6.07) is 0. The lowest BCUT2D eigenvalue weighted by atomic mass is 9.62. The van der Waals surface area contributed by atoms with Crippen LogP contribution in [0.4, 0.5) is 0 Å². The van der Waals surface area contributed by atoms with Crippen LogP contribution in [0.2, 0.25) is 0 Å². The molecule has 5 rings (SSSR count). The van der Waals surface area contributed by atoms with Crippen molar-refractivity contribution in [2.24, 2.45) is 35.0 Å². The number of hydrogen-bond acceptors (Lipinski definition) is 5. The van der Waals surface area contributed by atoms with E-state index in [9.17, 15) is 9.59 Å². The number of hydrogen-bond donors (Lipinski definition) is 0. The Morgan fingerprint density at radius 3 is 2.14 bits per heavy atom. The molecule has 1 heterocycles. The Kier molecular flexibility index (Phi) is 23.7. The van der Waals surface area contributed by atoms with Crippen LogP contribution in [0.5, 0.6) is 11.5 Å². The van der Waals surface area contributed by atoms with E-state index in [0.717, 1.165) is 97.0 Å². The van der Waals surface area contributed by atoms with Gasteiger partial charge < -0.3 is 14.2 Å². The van der Waals surface area contributed by atoms with Gasteiger partial charge in [-0.05, 0) is 168 Å². The number of unbranched alkanes of at least 4 members (excludes halogenated alkanes) is 5. The maximum absolute atomic E-state index is 12.0. The van der Waals surface area contributed by atoms with Gasteiger partial charge in [-0.15, -0.1) is 0 Å². The van der Waals surface area contributed by atoms with Gasteiger partial charge in [0.2, 0.25) is 0 Å². The van der Waals surface area contributed by atoms with Crippen LogP contribution in [-0.2, 0) is 20.7 Å². The van der Waals surface area contributed by atoms with Crippen LogP contribution in [0.3, 0.4) is 0 Å². The van der Waals surface area contributed by atoms with Crippen molar-refractivity contribution >= 4 is 12.4 Å². The summed E-state index contributed by atoms with van der Waals surface area (Å²) in [5.74, 6) is 5.87. The molecule has 0 aromatic heterocycles. The van der Waals surface area contributed by atoms with E-state index < -0.39 is 0 Å². The van der Waals surface area contributed by atoms with E-state index >= 15 is 0 Å². The molecule has 0 spiro atoms. The van der Waals surface area contributed by atoms with Crippen LogP contribution in [0.15, 0.2) is 35.5 Å². The third kappa shape index (κ3) is 16.7. The maximum Gasteiger partial charge on any atom is 0.306 e. The van der Waals surface area contributed by atoms with Crippen molar-refractivity contribution in [1.29, 1.82) is 0 Å². The Morgan fingerprint density at radius 2 is 1.45 bits per heavy atom. The highest BCUT2D eigenvalue weighted by atomic mass is 16.5. The second-order valence-electron chi connectivity index (χ2n) is 23.0. The van der Waals surface area contributed by atoms with Gasteiger partial charge in [-0.1, -0.05) is 162 Å². The summed E-state index contributed by atoms with van der Waals surface area (Å²) in [6.45, 7) is 29.7. The number of carbonyl (C=O) groups excluding carboxylic acids is 2. The summed E-state index contributed by atoms with van der Waals surface area (Å²) in [5, 5.41) is 0. The highest BCUT2D eigenvalue weighted by molar-refractivity contribution is 5.69. The fraction of sp³-hybridized carbons (Fsp3) is 0.770. The monoisotopic (exact) mass is 913 g/mol. The van der Waals surface area contributed by atoms with Gasteiger partial charge in [0.15, 0.2) is 0 Å². The fourth-order valence-corrected chi connectivity index (χ4v) is 12.4. The Bertz CT molecular complexity index is 1730. The van der Waals surface area contributed by atoms with Crippen LogP contribution in [0, 0.1) is 55.8 Å². The molecule has 66 heavy (non-hydrogen) atoms. The summed E-state index contributed by atoms with van der Waals surface area (Å²) >= 11 is 0. The molecule has 374 valence electrons. The number of allylic oxidation sites excluding steroid dienone is 4. The molecule has 5 nitrogen and oxygen atoms in total. The number of fused-ring (bicyclic) bond motifs is 2. The normalized spacial score (nSPS) is 26.0. The van der Waals surface area contributed by atoms with E-state index in [1.165, 1.54) is 145 Å². The molecule has 5 heteroatoms. The zero-order chi connectivity index (χ0) is 48.3. The lowest BCUT2D eigenvalue weighted by molar-refractivity contribution is -0.149. The molecule has 0 bridgehead atoms. The largest absolute Gasteiger partial charge is 0.487 e.